The Balaban J connectivity index is 1.61. The minimum Gasteiger partial charge on any atom is -0.493 e. The summed E-state index contributed by atoms with van der Waals surface area (Å²) in [4.78, 5) is 2.41. The molecule has 3 rings (SSSR count). The van der Waals surface area contributed by atoms with Crippen molar-refractivity contribution in [3.8, 4) is 5.75 Å². The Morgan fingerprint density at radius 2 is 2.05 bits per heavy atom. The summed E-state index contributed by atoms with van der Waals surface area (Å²) < 4.78 is 6.11. The van der Waals surface area contributed by atoms with Crippen molar-refractivity contribution in [2.24, 2.45) is 5.41 Å². The number of benzene rings is 1. The highest BCUT2D eigenvalue weighted by Crippen LogP contribution is 2.31. The van der Waals surface area contributed by atoms with E-state index in [0.717, 1.165) is 31.9 Å². The number of rotatable bonds is 3. The van der Waals surface area contributed by atoms with Crippen LogP contribution < -0.4 is 10.1 Å². The number of nitrogens with zero attached hydrogens (tertiary/aromatic N) is 1. The van der Waals surface area contributed by atoms with E-state index in [4.69, 9.17) is 4.74 Å². The summed E-state index contributed by atoms with van der Waals surface area (Å²) >= 11 is 0. The number of piperidine rings is 1. The second kappa shape index (κ2) is 5.74. The average Bonchev–Trinajstić information content (AvgIpc) is 2.48. The number of ether oxygens (including phenoxy) is 1. The van der Waals surface area contributed by atoms with E-state index in [0.29, 0.717) is 5.41 Å². The Morgan fingerprint density at radius 1 is 1.25 bits per heavy atom. The van der Waals surface area contributed by atoms with E-state index in [1.807, 2.05) is 0 Å². The van der Waals surface area contributed by atoms with Crippen molar-refractivity contribution in [1.82, 2.24) is 10.2 Å². The molecular weight excluding hydrogens is 248 g/mol. The highest BCUT2D eigenvalue weighted by molar-refractivity contribution is 5.37. The Bertz CT molecular complexity index is 464. The van der Waals surface area contributed by atoms with Crippen LogP contribution in [0, 0.1) is 5.41 Å². The lowest BCUT2D eigenvalue weighted by Gasteiger charge is -2.37. The van der Waals surface area contributed by atoms with Crippen LogP contribution in [0.2, 0.25) is 0 Å². The van der Waals surface area contributed by atoms with Gasteiger partial charge in [-0.15, -0.1) is 0 Å². The number of fused-ring (bicyclic) bond motifs is 1. The Morgan fingerprint density at radius 3 is 2.85 bits per heavy atom. The molecule has 20 heavy (non-hydrogen) atoms. The summed E-state index contributed by atoms with van der Waals surface area (Å²) in [6.07, 6.45) is 3.59. The molecule has 3 heteroatoms. The quantitative estimate of drug-likeness (QED) is 0.916. The van der Waals surface area contributed by atoms with E-state index in [1.165, 1.54) is 37.1 Å². The van der Waals surface area contributed by atoms with Crippen LogP contribution in [0.3, 0.4) is 0 Å². The van der Waals surface area contributed by atoms with Crippen molar-refractivity contribution in [1.29, 1.82) is 0 Å². The molecule has 0 saturated carbocycles. The molecule has 1 aromatic rings. The van der Waals surface area contributed by atoms with Gasteiger partial charge in [-0.1, -0.05) is 13.0 Å². The van der Waals surface area contributed by atoms with Crippen LogP contribution in [0.25, 0.3) is 0 Å². The first-order valence-corrected chi connectivity index (χ1v) is 7.79. The SMILES string of the molecule is CN1CCC(C)(COc2ccc3c(c2)CCNC3)CC1. The van der Waals surface area contributed by atoms with Gasteiger partial charge in [0, 0.05) is 12.0 Å². The molecule has 0 bridgehead atoms. The molecule has 3 nitrogen and oxygen atoms in total. The monoisotopic (exact) mass is 274 g/mol. The van der Waals surface area contributed by atoms with Gasteiger partial charge in [0.05, 0.1) is 6.61 Å². The van der Waals surface area contributed by atoms with Gasteiger partial charge in [0.2, 0.25) is 0 Å². The van der Waals surface area contributed by atoms with Gasteiger partial charge in [-0.05, 0) is 69.2 Å². The third kappa shape index (κ3) is 3.15. The molecule has 0 radical (unpaired) electrons. The van der Waals surface area contributed by atoms with Crippen molar-refractivity contribution in [3.05, 3.63) is 29.3 Å². The molecule has 0 aliphatic carbocycles. The van der Waals surface area contributed by atoms with Crippen LogP contribution in [0.15, 0.2) is 18.2 Å². The Kier molecular flexibility index (Phi) is 3.99. The van der Waals surface area contributed by atoms with Gasteiger partial charge in [0.15, 0.2) is 0 Å². The summed E-state index contributed by atoms with van der Waals surface area (Å²) in [5, 5.41) is 3.41. The molecule has 1 aromatic carbocycles. The summed E-state index contributed by atoms with van der Waals surface area (Å²) in [6.45, 7) is 7.67. The molecule has 2 heterocycles. The minimum atomic E-state index is 0.337. The third-order valence-corrected chi connectivity index (χ3v) is 4.85. The highest BCUT2D eigenvalue weighted by Gasteiger charge is 2.29. The lowest BCUT2D eigenvalue weighted by molar-refractivity contribution is 0.0803. The Hall–Kier alpha value is -1.06. The van der Waals surface area contributed by atoms with Crippen LogP contribution in [0.5, 0.6) is 5.75 Å². The molecule has 0 atom stereocenters. The first-order chi connectivity index (χ1) is 9.65. The average molecular weight is 274 g/mol. The largest absolute Gasteiger partial charge is 0.493 e. The lowest BCUT2D eigenvalue weighted by Crippen LogP contribution is -2.39. The zero-order valence-corrected chi connectivity index (χ0v) is 12.7. The maximum Gasteiger partial charge on any atom is 0.119 e. The summed E-state index contributed by atoms with van der Waals surface area (Å²) in [6, 6.07) is 6.59. The van der Waals surface area contributed by atoms with Gasteiger partial charge in [0.1, 0.15) is 5.75 Å². The summed E-state index contributed by atoms with van der Waals surface area (Å²) in [7, 11) is 2.21. The van der Waals surface area contributed by atoms with Gasteiger partial charge in [-0.3, -0.25) is 0 Å². The van der Waals surface area contributed by atoms with Crippen LogP contribution in [0.1, 0.15) is 30.9 Å². The van der Waals surface area contributed by atoms with E-state index < -0.39 is 0 Å². The van der Waals surface area contributed by atoms with Gasteiger partial charge in [-0.25, -0.2) is 0 Å². The molecule has 1 N–H and O–H groups in total. The Labute approximate surface area is 122 Å². The number of likely N-dealkylation sites (tertiary alicyclic amines) is 1. The number of hydrogen-bond donors (Lipinski definition) is 1. The van der Waals surface area contributed by atoms with Gasteiger partial charge in [0.25, 0.3) is 0 Å². The molecule has 0 aromatic heterocycles. The molecule has 110 valence electrons. The predicted octanol–water partition coefficient (Wildman–Crippen LogP) is 2.44. The fourth-order valence-electron chi connectivity index (χ4n) is 3.10. The molecule has 1 saturated heterocycles. The van der Waals surface area contributed by atoms with Crippen LogP contribution >= 0.6 is 0 Å². The standard InChI is InChI=1S/C17H26N2O/c1-17(6-9-19(2)10-7-17)13-20-16-4-3-15-12-18-8-5-14(15)11-16/h3-4,11,18H,5-10,12-13H2,1-2H3. The highest BCUT2D eigenvalue weighted by atomic mass is 16.5. The zero-order valence-electron chi connectivity index (χ0n) is 12.7. The summed E-state index contributed by atoms with van der Waals surface area (Å²) in [5.41, 5.74) is 3.22. The second-order valence-corrected chi connectivity index (χ2v) is 6.76. The second-order valence-electron chi connectivity index (χ2n) is 6.76. The van der Waals surface area contributed by atoms with Crippen LogP contribution in [-0.4, -0.2) is 38.2 Å². The maximum atomic E-state index is 6.11. The van der Waals surface area contributed by atoms with Crippen LogP contribution in [0.4, 0.5) is 0 Å². The van der Waals surface area contributed by atoms with E-state index >= 15 is 0 Å². The molecule has 0 amide bonds. The topological polar surface area (TPSA) is 24.5 Å². The predicted molar refractivity (Wildman–Crippen MR) is 82.2 cm³/mol. The molecule has 2 aliphatic rings. The molecule has 0 unspecified atom stereocenters. The third-order valence-electron chi connectivity index (χ3n) is 4.85. The van der Waals surface area contributed by atoms with Crippen molar-refractivity contribution in [3.63, 3.8) is 0 Å². The molecule has 0 spiro atoms. The summed E-state index contributed by atoms with van der Waals surface area (Å²) in [5.74, 6) is 1.05. The normalized spacial score (nSPS) is 22.3. The first kappa shape index (κ1) is 13.9. The fourth-order valence-corrected chi connectivity index (χ4v) is 3.10. The first-order valence-electron chi connectivity index (χ1n) is 7.79. The van der Waals surface area contributed by atoms with E-state index in [1.54, 1.807) is 0 Å². The van der Waals surface area contributed by atoms with Gasteiger partial charge >= 0.3 is 0 Å². The van der Waals surface area contributed by atoms with Crippen molar-refractivity contribution in [2.75, 3.05) is 33.3 Å². The molecule has 2 aliphatic heterocycles. The van der Waals surface area contributed by atoms with Gasteiger partial charge in [-0.2, -0.15) is 0 Å². The van der Waals surface area contributed by atoms with Gasteiger partial charge < -0.3 is 15.0 Å². The number of hydrogen-bond acceptors (Lipinski definition) is 3. The smallest absolute Gasteiger partial charge is 0.119 e. The van der Waals surface area contributed by atoms with Crippen molar-refractivity contribution < 1.29 is 4.74 Å². The fraction of sp³-hybridized carbons (Fsp3) is 0.647. The van der Waals surface area contributed by atoms with E-state index in [-0.39, 0.29) is 0 Å². The zero-order chi connectivity index (χ0) is 14.0. The van der Waals surface area contributed by atoms with Crippen LogP contribution in [-0.2, 0) is 13.0 Å². The van der Waals surface area contributed by atoms with Crippen molar-refractivity contribution in [2.45, 2.75) is 32.7 Å². The van der Waals surface area contributed by atoms with E-state index in [2.05, 4.69) is 42.4 Å². The van der Waals surface area contributed by atoms with E-state index in [9.17, 15) is 0 Å². The maximum absolute atomic E-state index is 6.11. The lowest BCUT2D eigenvalue weighted by atomic mass is 9.81. The van der Waals surface area contributed by atoms with Crippen molar-refractivity contribution >= 4 is 0 Å². The molecular formula is C17H26N2O. The minimum absolute atomic E-state index is 0.337. The number of nitrogens with one attached hydrogen (secondary N) is 1. The molecule has 1 fully saturated rings.